The molecule has 26 heavy (non-hydrogen) atoms. The van der Waals surface area contributed by atoms with Crippen LogP contribution in [0.25, 0.3) is 5.69 Å². The molecule has 0 unspecified atom stereocenters. The van der Waals surface area contributed by atoms with Crippen LogP contribution in [0.3, 0.4) is 0 Å². The number of carbonyl (C=O) groups excluding carboxylic acids is 1. The highest BCUT2D eigenvalue weighted by Gasteiger charge is 2.19. The SMILES string of the molecule is O=C(Nc1cc(-n2cnnn2)ccc1N1CCCC1)c1ccccc1Br. The van der Waals surface area contributed by atoms with Crippen molar-refractivity contribution in [1.29, 1.82) is 0 Å². The van der Waals surface area contributed by atoms with Crippen molar-refractivity contribution in [2.45, 2.75) is 12.8 Å². The molecular formula is C18H17BrN6O. The minimum atomic E-state index is -0.160. The third-order valence-electron chi connectivity index (χ3n) is 4.41. The molecule has 1 aliphatic rings. The van der Waals surface area contributed by atoms with Gasteiger partial charge in [0.25, 0.3) is 5.91 Å². The number of benzene rings is 2. The lowest BCUT2D eigenvalue weighted by atomic mass is 10.1. The van der Waals surface area contributed by atoms with Gasteiger partial charge < -0.3 is 10.2 Å². The summed E-state index contributed by atoms with van der Waals surface area (Å²) in [6.07, 6.45) is 3.85. The Kier molecular flexibility index (Phi) is 4.66. The van der Waals surface area contributed by atoms with E-state index in [-0.39, 0.29) is 5.91 Å². The van der Waals surface area contributed by atoms with Crippen LogP contribution in [0.4, 0.5) is 11.4 Å². The van der Waals surface area contributed by atoms with Crippen molar-refractivity contribution in [2.75, 3.05) is 23.3 Å². The molecule has 1 N–H and O–H groups in total. The summed E-state index contributed by atoms with van der Waals surface area (Å²) in [4.78, 5) is 15.1. The molecule has 0 bridgehead atoms. The average Bonchev–Trinajstić information content (AvgIpc) is 3.36. The smallest absolute Gasteiger partial charge is 0.256 e. The van der Waals surface area contributed by atoms with Gasteiger partial charge >= 0.3 is 0 Å². The number of rotatable bonds is 4. The number of amides is 1. The summed E-state index contributed by atoms with van der Waals surface area (Å²) < 4.78 is 2.33. The van der Waals surface area contributed by atoms with Gasteiger partial charge in [-0.2, -0.15) is 0 Å². The van der Waals surface area contributed by atoms with Gasteiger partial charge in [-0.1, -0.05) is 12.1 Å². The van der Waals surface area contributed by atoms with E-state index in [1.807, 2.05) is 36.4 Å². The molecule has 132 valence electrons. The normalized spacial score (nSPS) is 13.8. The van der Waals surface area contributed by atoms with Gasteiger partial charge in [0.05, 0.1) is 22.6 Å². The van der Waals surface area contributed by atoms with Crippen LogP contribution in [0.15, 0.2) is 53.3 Å². The summed E-state index contributed by atoms with van der Waals surface area (Å²) in [7, 11) is 0. The van der Waals surface area contributed by atoms with Crippen molar-refractivity contribution in [1.82, 2.24) is 20.2 Å². The maximum Gasteiger partial charge on any atom is 0.256 e. The van der Waals surface area contributed by atoms with Crippen LogP contribution in [0.1, 0.15) is 23.2 Å². The molecule has 2 heterocycles. The summed E-state index contributed by atoms with van der Waals surface area (Å²) in [5, 5.41) is 14.3. The van der Waals surface area contributed by atoms with Crippen molar-refractivity contribution >= 4 is 33.2 Å². The van der Waals surface area contributed by atoms with E-state index < -0.39 is 0 Å². The van der Waals surface area contributed by atoms with Crippen LogP contribution in [-0.4, -0.2) is 39.2 Å². The third kappa shape index (κ3) is 3.32. The molecule has 0 radical (unpaired) electrons. The number of aromatic nitrogens is 4. The Hall–Kier alpha value is -2.74. The van der Waals surface area contributed by atoms with Gasteiger partial charge in [-0.3, -0.25) is 4.79 Å². The lowest BCUT2D eigenvalue weighted by Crippen LogP contribution is -2.21. The van der Waals surface area contributed by atoms with Gasteiger partial charge in [-0.05, 0) is 69.5 Å². The number of carbonyl (C=O) groups is 1. The number of hydrogen-bond donors (Lipinski definition) is 1. The highest BCUT2D eigenvalue weighted by atomic mass is 79.9. The second-order valence-electron chi connectivity index (χ2n) is 6.08. The van der Waals surface area contributed by atoms with E-state index in [1.165, 1.54) is 6.33 Å². The Morgan fingerprint density at radius 3 is 2.65 bits per heavy atom. The second kappa shape index (κ2) is 7.25. The van der Waals surface area contributed by atoms with Crippen LogP contribution in [0.2, 0.25) is 0 Å². The summed E-state index contributed by atoms with van der Waals surface area (Å²) in [6.45, 7) is 1.98. The quantitative estimate of drug-likeness (QED) is 0.711. The fraction of sp³-hybridized carbons (Fsp3) is 0.222. The Bertz CT molecular complexity index is 921. The number of nitrogens with zero attached hydrogens (tertiary/aromatic N) is 5. The molecule has 3 aromatic rings. The number of tetrazole rings is 1. The van der Waals surface area contributed by atoms with Crippen molar-refractivity contribution in [3.8, 4) is 5.69 Å². The Labute approximate surface area is 159 Å². The zero-order valence-corrected chi connectivity index (χ0v) is 15.6. The summed E-state index contributed by atoms with van der Waals surface area (Å²) in [5.41, 5.74) is 3.15. The molecule has 0 spiro atoms. The van der Waals surface area contributed by atoms with Gasteiger partial charge in [-0.25, -0.2) is 4.68 Å². The van der Waals surface area contributed by atoms with E-state index >= 15 is 0 Å². The maximum absolute atomic E-state index is 12.8. The minimum absolute atomic E-state index is 0.160. The van der Waals surface area contributed by atoms with E-state index in [1.54, 1.807) is 10.7 Å². The molecule has 1 amide bonds. The van der Waals surface area contributed by atoms with Crippen LogP contribution in [-0.2, 0) is 0 Å². The maximum atomic E-state index is 12.8. The van der Waals surface area contributed by atoms with Gasteiger partial charge in [-0.15, -0.1) is 5.10 Å². The zero-order chi connectivity index (χ0) is 17.9. The molecule has 0 atom stereocenters. The lowest BCUT2D eigenvalue weighted by molar-refractivity contribution is 0.102. The van der Waals surface area contributed by atoms with Crippen molar-refractivity contribution in [3.63, 3.8) is 0 Å². The van der Waals surface area contributed by atoms with Gasteiger partial charge in [0.2, 0.25) is 0 Å². The number of hydrogen-bond acceptors (Lipinski definition) is 5. The Morgan fingerprint density at radius 1 is 1.12 bits per heavy atom. The van der Waals surface area contributed by atoms with Crippen molar-refractivity contribution in [3.05, 3.63) is 58.8 Å². The van der Waals surface area contributed by atoms with Gasteiger partial charge in [0, 0.05) is 17.6 Å². The zero-order valence-electron chi connectivity index (χ0n) is 14.0. The Morgan fingerprint density at radius 2 is 1.92 bits per heavy atom. The molecule has 1 aliphatic heterocycles. The monoisotopic (exact) mass is 412 g/mol. The van der Waals surface area contributed by atoms with Crippen LogP contribution >= 0.6 is 15.9 Å². The van der Waals surface area contributed by atoms with Crippen LogP contribution in [0.5, 0.6) is 0 Å². The largest absolute Gasteiger partial charge is 0.370 e. The molecule has 1 saturated heterocycles. The van der Waals surface area contributed by atoms with Crippen LogP contribution in [0, 0.1) is 0 Å². The standard InChI is InChI=1S/C18H17BrN6O/c19-15-6-2-1-5-14(15)18(26)21-16-11-13(25-12-20-22-23-25)7-8-17(16)24-9-3-4-10-24/h1-2,5-8,11-12H,3-4,9-10H2,(H,21,26). The number of anilines is 2. The number of nitrogens with one attached hydrogen (secondary N) is 1. The Balaban J connectivity index is 1.70. The molecule has 0 saturated carbocycles. The molecule has 4 rings (SSSR count). The first kappa shape index (κ1) is 16.7. The summed E-state index contributed by atoms with van der Waals surface area (Å²) in [6, 6.07) is 13.2. The first-order valence-corrected chi connectivity index (χ1v) is 9.20. The molecule has 7 nitrogen and oxygen atoms in total. The van der Waals surface area contributed by atoms with E-state index in [2.05, 4.69) is 41.7 Å². The predicted octanol–water partition coefficient (Wildman–Crippen LogP) is 3.28. The molecule has 8 heteroatoms. The van der Waals surface area contributed by atoms with Gasteiger partial charge in [0.1, 0.15) is 6.33 Å². The molecule has 2 aromatic carbocycles. The van der Waals surface area contributed by atoms with E-state index in [0.717, 1.165) is 47.5 Å². The topological polar surface area (TPSA) is 75.9 Å². The minimum Gasteiger partial charge on any atom is -0.370 e. The van der Waals surface area contributed by atoms with Crippen LogP contribution < -0.4 is 10.2 Å². The average molecular weight is 413 g/mol. The van der Waals surface area contributed by atoms with E-state index in [9.17, 15) is 4.79 Å². The van der Waals surface area contributed by atoms with Crippen molar-refractivity contribution in [2.24, 2.45) is 0 Å². The molecular weight excluding hydrogens is 396 g/mol. The molecule has 0 aliphatic carbocycles. The highest BCUT2D eigenvalue weighted by molar-refractivity contribution is 9.10. The second-order valence-corrected chi connectivity index (χ2v) is 6.94. The van der Waals surface area contributed by atoms with Crippen molar-refractivity contribution < 1.29 is 4.79 Å². The lowest BCUT2D eigenvalue weighted by Gasteiger charge is -2.22. The first-order chi connectivity index (χ1) is 12.7. The first-order valence-electron chi connectivity index (χ1n) is 8.40. The molecule has 1 aromatic heterocycles. The molecule has 1 fully saturated rings. The van der Waals surface area contributed by atoms with Gasteiger partial charge in [0.15, 0.2) is 0 Å². The third-order valence-corrected chi connectivity index (χ3v) is 5.10. The van der Waals surface area contributed by atoms with E-state index in [0.29, 0.717) is 5.56 Å². The fourth-order valence-electron chi connectivity index (χ4n) is 3.12. The highest BCUT2D eigenvalue weighted by Crippen LogP contribution is 2.31. The summed E-state index contributed by atoms with van der Waals surface area (Å²) in [5.74, 6) is -0.160. The number of halogens is 1. The van der Waals surface area contributed by atoms with E-state index in [4.69, 9.17) is 0 Å². The summed E-state index contributed by atoms with van der Waals surface area (Å²) >= 11 is 3.44. The predicted molar refractivity (Wildman–Crippen MR) is 103 cm³/mol. The fourth-order valence-corrected chi connectivity index (χ4v) is 3.58.